The number of alkyl halides is 2. The number of nitrogens with zero attached hydrogens (tertiary/aromatic N) is 1. The molecule has 23 heavy (non-hydrogen) atoms. The Morgan fingerprint density at radius 1 is 1.17 bits per heavy atom. The number of halogens is 3. The van der Waals surface area contributed by atoms with Crippen molar-refractivity contribution >= 4 is 5.69 Å². The van der Waals surface area contributed by atoms with Crippen LogP contribution in [-0.2, 0) is 0 Å². The number of nitrogens with two attached hydrogens (primary N) is 1. The Morgan fingerprint density at radius 3 is 2.61 bits per heavy atom. The molecule has 0 aliphatic heterocycles. The van der Waals surface area contributed by atoms with Crippen LogP contribution in [0.25, 0.3) is 0 Å². The van der Waals surface area contributed by atoms with Crippen LogP contribution >= 0.6 is 0 Å². The predicted molar refractivity (Wildman–Crippen MR) is 75.7 cm³/mol. The van der Waals surface area contributed by atoms with Crippen LogP contribution in [0.15, 0.2) is 30.3 Å². The zero-order valence-corrected chi connectivity index (χ0v) is 11.6. The molecule has 0 aromatic heterocycles. The van der Waals surface area contributed by atoms with Crippen LogP contribution in [0.3, 0.4) is 0 Å². The van der Waals surface area contributed by atoms with Crippen LogP contribution in [0, 0.1) is 17.1 Å². The summed E-state index contributed by atoms with van der Waals surface area (Å²) in [6, 6.07) is 7.70. The molecule has 7 heteroatoms. The van der Waals surface area contributed by atoms with Gasteiger partial charge in [0.2, 0.25) is 0 Å². The van der Waals surface area contributed by atoms with E-state index in [2.05, 4.69) is 0 Å². The Hall–Kier alpha value is -2.72. The highest BCUT2D eigenvalue weighted by Crippen LogP contribution is 2.50. The van der Waals surface area contributed by atoms with E-state index in [-0.39, 0.29) is 33.9 Å². The van der Waals surface area contributed by atoms with Crippen LogP contribution in [0.5, 0.6) is 11.5 Å². The first kappa shape index (κ1) is 15.2. The SMILES string of the molecule is N#Cc1cc(F)cc(Oc2ccc(N)c3c2C(F)C(F)C3O)c1. The van der Waals surface area contributed by atoms with Gasteiger partial charge in [0.05, 0.1) is 11.6 Å². The second kappa shape index (κ2) is 5.48. The number of aliphatic hydroxyl groups excluding tert-OH is 1. The minimum atomic E-state index is -2.15. The fourth-order valence-electron chi connectivity index (χ4n) is 2.63. The zero-order chi connectivity index (χ0) is 16.7. The van der Waals surface area contributed by atoms with Gasteiger partial charge in [-0.15, -0.1) is 0 Å². The van der Waals surface area contributed by atoms with E-state index in [0.29, 0.717) is 0 Å². The van der Waals surface area contributed by atoms with Crippen LogP contribution in [0.1, 0.15) is 29.0 Å². The van der Waals surface area contributed by atoms with Crippen molar-refractivity contribution < 1.29 is 23.0 Å². The lowest BCUT2D eigenvalue weighted by Crippen LogP contribution is -2.09. The van der Waals surface area contributed by atoms with E-state index in [4.69, 9.17) is 15.7 Å². The number of benzene rings is 2. The van der Waals surface area contributed by atoms with Crippen molar-refractivity contribution in [1.82, 2.24) is 0 Å². The molecule has 4 nitrogen and oxygen atoms in total. The van der Waals surface area contributed by atoms with Gasteiger partial charge in [-0.2, -0.15) is 5.26 Å². The third kappa shape index (κ3) is 2.47. The second-order valence-electron chi connectivity index (χ2n) is 5.16. The Morgan fingerprint density at radius 2 is 1.91 bits per heavy atom. The van der Waals surface area contributed by atoms with E-state index in [1.54, 1.807) is 6.07 Å². The fraction of sp³-hybridized carbons (Fsp3) is 0.188. The van der Waals surface area contributed by atoms with Crippen LogP contribution in [0.2, 0.25) is 0 Å². The number of fused-ring (bicyclic) bond motifs is 1. The Bertz CT molecular complexity index is 820. The summed E-state index contributed by atoms with van der Waals surface area (Å²) in [7, 11) is 0. The minimum absolute atomic E-state index is 0.0206. The number of rotatable bonds is 2. The number of nitrogen functional groups attached to an aromatic ring is 1. The molecule has 1 aliphatic rings. The average molecular weight is 320 g/mol. The predicted octanol–water partition coefficient (Wildman–Crippen LogP) is 3.47. The Kier molecular flexibility index (Phi) is 3.62. The molecule has 0 fully saturated rings. The van der Waals surface area contributed by atoms with E-state index in [9.17, 15) is 18.3 Å². The Balaban J connectivity index is 2.07. The maximum absolute atomic E-state index is 14.1. The summed E-state index contributed by atoms with van der Waals surface area (Å²) < 4.78 is 46.7. The molecule has 3 N–H and O–H groups in total. The van der Waals surface area contributed by atoms with Crippen molar-refractivity contribution in [1.29, 1.82) is 5.26 Å². The largest absolute Gasteiger partial charge is 0.457 e. The first-order valence-corrected chi connectivity index (χ1v) is 6.69. The maximum atomic E-state index is 14.1. The molecule has 0 saturated carbocycles. The van der Waals surface area contributed by atoms with Crippen molar-refractivity contribution in [3.05, 3.63) is 52.8 Å². The van der Waals surface area contributed by atoms with Gasteiger partial charge in [-0.25, -0.2) is 13.2 Å². The zero-order valence-electron chi connectivity index (χ0n) is 11.6. The van der Waals surface area contributed by atoms with Crippen molar-refractivity contribution in [2.24, 2.45) is 0 Å². The van der Waals surface area contributed by atoms with E-state index >= 15 is 0 Å². The van der Waals surface area contributed by atoms with Gasteiger partial charge >= 0.3 is 0 Å². The molecule has 3 rings (SSSR count). The van der Waals surface area contributed by atoms with Gasteiger partial charge in [0.15, 0.2) is 12.3 Å². The van der Waals surface area contributed by atoms with Crippen molar-refractivity contribution in [3.8, 4) is 17.6 Å². The standard InChI is InChI=1S/C16H11F3N2O2/c17-8-3-7(6-20)4-9(5-8)23-11-2-1-10(21)12-13(11)14(18)15(19)16(12)22/h1-5,14-16,22H,21H2. The summed E-state index contributed by atoms with van der Waals surface area (Å²) in [4.78, 5) is 0. The van der Waals surface area contributed by atoms with Gasteiger partial charge in [0, 0.05) is 22.9 Å². The monoisotopic (exact) mass is 320 g/mol. The summed E-state index contributed by atoms with van der Waals surface area (Å²) >= 11 is 0. The van der Waals surface area contributed by atoms with Gasteiger partial charge in [0.1, 0.15) is 23.4 Å². The van der Waals surface area contributed by atoms with Crippen LogP contribution in [0.4, 0.5) is 18.9 Å². The van der Waals surface area contributed by atoms with Gasteiger partial charge in [-0.05, 0) is 24.3 Å². The number of nitriles is 1. The first-order chi connectivity index (χ1) is 10.9. The molecule has 2 aromatic carbocycles. The minimum Gasteiger partial charge on any atom is -0.457 e. The highest BCUT2D eigenvalue weighted by atomic mass is 19.2. The van der Waals surface area contributed by atoms with Crippen molar-refractivity contribution in [3.63, 3.8) is 0 Å². The third-order valence-corrected chi connectivity index (χ3v) is 3.66. The smallest absolute Gasteiger partial charge is 0.165 e. The normalized spacial score (nSPS) is 22.5. The van der Waals surface area contributed by atoms with Gasteiger partial charge < -0.3 is 15.6 Å². The molecule has 0 spiro atoms. The summed E-state index contributed by atoms with van der Waals surface area (Å²) in [5.74, 6) is -0.834. The van der Waals surface area contributed by atoms with E-state index < -0.39 is 24.3 Å². The topological polar surface area (TPSA) is 79.3 Å². The molecule has 3 atom stereocenters. The van der Waals surface area contributed by atoms with Crippen molar-refractivity contribution in [2.75, 3.05) is 5.73 Å². The molecule has 0 saturated heterocycles. The molecule has 0 bridgehead atoms. The second-order valence-corrected chi connectivity index (χ2v) is 5.16. The number of anilines is 1. The number of ether oxygens (including phenoxy) is 1. The van der Waals surface area contributed by atoms with Gasteiger partial charge in [0.25, 0.3) is 0 Å². The summed E-state index contributed by atoms with van der Waals surface area (Å²) in [5, 5.41) is 18.6. The van der Waals surface area contributed by atoms with E-state index in [0.717, 1.165) is 12.1 Å². The quantitative estimate of drug-likeness (QED) is 0.831. The molecular formula is C16H11F3N2O2. The molecule has 2 aromatic rings. The number of hydrogen-bond acceptors (Lipinski definition) is 4. The van der Waals surface area contributed by atoms with E-state index in [1.165, 1.54) is 18.2 Å². The lowest BCUT2D eigenvalue weighted by atomic mass is 10.1. The number of aliphatic hydroxyl groups is 1. The molecule has 0 amide bonds. The summed E-state index contributed by atoms with van der Waals surface area (Å²) in [5.41, 5.74) is 5.46. The molecule has 118 valence electrons. The van der Waals surface area contributed by atoms with Crippen LogP contribution in [-0.4, -0.2) is 11.3 Å². The summed E-state index contributed by atoms with van der Waals surface area (Å²) in [6.45, 7) is 0. The van der Waals surface area contributed by atoms with Crippen LogP contribution < -0.4 is 10.5 Å². The lowest BCUT2D eigenvalue weighted by molar-refractivity contribution is 0.0468. The fourth-order valence-corrected chi connectivity index (χ4v) is 2.63. The molecule has 0 radical (unpaired) electrons. The summed E-state index contributed by atoms with van der Waals surface area (Å²) in [6.07, 6.45) is -5.95. The third-order valence-electron chi connectivity index (χ3n) is 3.66. The lowest BCUT2D eigenvalue weighted by Gasteiger charge is -2.13. The van der Waals surface area contributed by atoms with Gasteiger partial charge in [-0.1, -0.05) is 0 Å². The van der Waals surface area contributed by atoms with Gasteiger partial charge in [-0.3, -0.25) is 0 Å². The maximum Gasteiger partial charge on any atom is 0.165 e. The molecule has 0 heterocycles. The molecular weight excluding hydrogens is 309 g/mol. The first-order valence-electron chi connectivity index (χ1n) is 6.69. The highest BCUT2D eigenvalue weighted by Gasteiger charge is 2.44. The molecule has 1 aliphatic carbocycles. The number of hydrogen-bond donors (Lipinski definition) is 2. The average Bonchev–Trinajstić information content (AvgIpc) is 2.75. The van der Waals surface area contributed by atoms with E-state index in [1.807, 2.05) is 0 Å². The molecule has 3 unspecified atom stereocenters. The van der Waals surface area contributed by atoms with Crippen molar-refractivity contribution in [2.45, 2.75) is 18.4 Å². The Labute approximate surface area is 129 Å². The highest BCUT2D eigenvalue weighted by molar-refractivity contribution is 5.62.